The van der Waals surface area contributed by atoms with Crippen LogP contribution in [0.4, 0.5) is 0 Å². The monoisotopic (exact) mass is 541 g/mol. The third-order valence-electron chi connectivity index (χ3n) is 6.01. The predicted octanol–water partition coefficient (Wildman–Crippen LogP) is 0.475. The molecule has 202 valence electrons. The van der Waals surface area contributed by atoms with E-state index in [1.54, 1.807) is 18.3 Å². The van der Waals surface area contributed by atoms with E-state index in [1.807, 2.05) is 24.3 Å². The minimum Gasteiger partial charge on any atom is -0.508 e. The van der Waals surface area contributed by atoms with Gasteiger partial charge in [-0.2, -0.15) is 12.6 Å². The summed E-state index contributed by atoms with van der Waals surface area (Å²) in [6, 6.07) is 9.28. The van der Waals surface area contributed by atoms with E-state index in [0.717, 1.165) is 22.0 Å². The fourth-order valence-electron chi connectivity index (χ4n) is 3.85. The maximum Gasteiger partial charge on any atom is 0.326 e. The zero-order valence-corrected chi connectivity index (χ0v) is 21.6. The Hall–Kier alpha value is -4.03. The fourth-order valence-corrected chi connectivity index (χ4v) is 4.11. The Morgan fingerprint density at radius 2 is 1.58 bits per heavy atom. The van der Waals surface area contributed by atoms with Crippen LogP contribution in [0.1, 0.15) is 18.1 Å². The molecule has 0 radical (unpaired) electrons. The standard InChI is InChI=1S/C26H31N5O6S/c1-14(23(33)30-21(26(36)37)11-16-12-28-20-5-3-2-4-18(16)20)29-25(35)22(13-38)31-24(34)19(27)10-15-6-8-17(32)9-7-15/h2-9,12,14,19,21-22,28,32,38H,10-11,13,27H2,1H3,(H,29,35)(H,30,33)(H,31,34)(H,36,37). The second-order valence-electron chi connectivity index (χ2n) is 8.91. The number of carbonyl (C=O) groups is 4. The van der Waals surface area contributed by atoms with Crippen molar-refractivity contribution in [2.75, 3.05) is 5.75 Å². The van der Waals surface area contributed by atoms with Crippen molar-refractivity contribution in [1.82, 2.24) is 20.9 Å². The van der Waals surface area contributed by atoms with Gasteiger partial charge in [0.05, 0.1) is 6.04 Å². The zero-order chi connectivity index (χ0) is 27.8. The quantitative estimate of drug-likeness (QED) is 0.153. The number of nitrogens with two attached hydrogens (primary N) is 1. The Labute approximate surface area is 224 Å². The second-order valence-corrected chi connectivity index (χ2v) is 9.28. The second kappa shape index (κ2) is 13.0. The number of hydrogen-bond donors (Lipinski definition) is 8. The molecule has 0 aliphatic carbocycles. The minimum absolute atomic E-state index is 0.0417. The summed E-state index contributed by atoms with van der Waals surface area (Å²) >= 11 is 4.12. The van der Waals surface area contributed by atoms with Crippen LogP contribution in [0.3, 0.4) is 0 Å². The lowest BCUT2D eigenvalue weighted by atomic mass is 10.0. The van der Waals surface area contributed by atoms with E-state index in [4.69, 9.17) is 5.73 Å². The molecule has 3 aromatic rings. The lowest BCUT2D eigenvalue weighted by Crippen LogP contribution is -2.57. The number of nitrogens with one attached hydrogen (secondary N) is 4. The number of thiol groups is 1. The highest BCUT2D eigenvalue weighted by Gasteiger charge is 2.28. The van der Waals surface area contributed by atoms with Gasteiger partial charge in [-0.1, -0.05) is 30.3 Å². The molecule has 0 aliphatic rings. The molecule has 0 saturated carbocycles. The molecule has 0 saturated heterocycles. The number of para-hydroxylation sites is 1. The number of phenolic OH excluding ortho intramolecular Hbond substituents is 1. The van der Waals surface area contributed by atoms with Crippen molar-refractivity contribution in [3.63, 3.8) is 0 Å². The van der Waals surface area contributed by atoms with Gasteiger partial charge < -0.3 is 36.9 Å². The first-order valence-electron chi connectivity index (χ1n) is 11.9. The van der Waals surface area contributed by atoms with E-state index in [2.05, 4.69) is 33.6 Å². The Balaban J connectivity index is 1.55. The van der Waals surface area contributed by atoms with Crippen molar-refractivity contribution in [3.05, 3.63) is 65.9 Å². The Bertz CT molecular complexity index is 1290. The number of carboxylic acids is 1. The van der Waals surface area contributed by atoms with Crippen LogP contribution < -0.4 is 21.7 Å². The van der Waals surface area contributed by atoms with Crippen LogP contribution in [0.5, 0.6) is 5.75 Å². The number of amides is 3. The molecule has 0 bridgehead atoms. The maximum atomic E-state index is 12.7. The SMILES string of the molecule is CC(NC(=O)C(CS)NC(=O)C(N)Cc1ccc(O)cc1)C(=O)NC(Cc1c[nH]c2ccccc12)C(=O)O. The number of benzene rings is 2. The first-order chi connectivity index (χ1) is 18.1. The molecule has 2 aromatic carbocycles. The van der Waals surface area contributed by atoms with Crippen LogP contribution in [0.25, 0.3) is 10.9 Å². The highest BCUT2D eigenvalue weighted by Crippen LogP contribution is 2.19. The molecule has 0 aliphatic heterocycles. The minimum atomic E-state index is -1.22. The molecule has 11 nitrogen and oxygen atoms in total. The van der Waals surface area contributed by atoms with Gasteiger partial charge in [0.1, 0.15) is 23.9 Å². The Morgan fingerprint density at radius 3 is 2.24 bits per heavy atom. The van der Waals surface area contributed by atoms with Crippen LogP contribution >= 0.6 is 12.6 Å². The summed E-state index contributed by atoms with van der Waals surface area (Å²) in [5.74, 6) is -3.14. The molecular formula is C26H31N5O6S. The van der Waals surface area contributed by atoms with E-state index in [-0.39, 0.29) is 24.3 Å². The Kier molecular flexibility index (Phi) is 9.74. The van der Waals surface area contributed by atoms with Crippen LogP contribution in [0.2, 0.25) is 0 Å². The highest BCUT2D eigenvalue weighted by molar-refractivity contribution is 7.80. The maximum absolute atomic E-state index is 12.7. The van der Waals surface area contributed by atoms with E-state index in [0.29, 0.717) is 0 Å². The van der Waals surface area contributed by atoms with Crippen LogP contribution in [-0.2, 0) is 32.0 Å². The van der Waals surface area contributed by atoms with Gasteiger partial charge in [-0.05, 0) is 42.7 Å². The number of carboxylic acid groups (broad SMARTS) is 1. The van der Waals surface area contributed by atoms with Crippen molar-refractivity contribution in [3.8, 4) is 5.75 Å². The number of aliphatic carboxylic acids is 1. The predicted molar refractivity (Wildman–Crippen MR) is 145 cm³/mol. The summed E-state index contributed by atoms with van der Waals surface area (Å²) in [4.78, 5) is 52.9. The van der Waals surface area contributed by atoms with Crippen LogP contribution in [0, 0.1) is 0 Å². The lowest BCUT2D eigenvalue weighted by molar-refractivity contribution is -0.142. The van der Waals surface area contributed by atoms with Crippen molar-refractivity contribution < 1.29 is 29.4 Å². The fraction of sp³-hybridized carbons (Fsp3) is 0.308. The Morgan fingerprint density at radius 1 is 0.921 bits per heavy atom. The smallest absolute Gasteiger partial charge is 0.326 e. The zero-order valence-electron chi connectivity index (χ0n) is 20.7. The topological polar surface area (TPSA) is 187 Å². The van der Waals surface area contributed by atoms with Gasteiger partial charge in [0.25, 0.3) is 0 Å². The number of aromatic amines is 1. The van der Waals surface area contributed by atoms with Crippen LogP contribution in [0.15, 0.2) is 54.7 Å². The molecule has 1 heterocycles. The molecule has 38 heavy (non-hydrogen) atoms. The van der Waals surface area contributed by atoms with Crippen molar-refractivity contribution in [2.45, 2.75) is 43.9 Å². The van der Waals surface area contributed by atoms with Gasteiger partial charge >= 0.3 is 5.97 Å². The first-order valence-corrected chi connectivity index (χ1v) is 12.6. The number of fused-ring (bicyclic) bond motifs is 1. The number of aromatic hydroxyl groups is 1. The number of carbonyl (C=O) groups excluding carboxylic acids is 3. The molecule has 0 fully saturated rings. The highest BCUT2D eigenvalue weighted by atomic mass is 32.1. The molecular weight excluding hydrogens is 510 g/mol. The largest absolute Gasteiger partial charge is 0.508 e. The molecule has 8 N–H and O–H groups in total. The number of phenols is 1. The lowest BCUT2D eigenvalue weighted by Gasteiger charge is -2.22. The van der Waals surface area contributed by atoms with E-state index in [9.17, 15) is 29.4 Å². The van der Waals surface area contributed by atoms with Gasteiger partial charge in [0.15, 0.2) is 0 Å². The van der Waals surface area contributed by atoms with Gasteiger partial charge in [-0.3, -0.25) is 14.4 Å². The molecule has 0 spiro atoms. The molecule has 1 aromatic heterocycles. The van der Waals surface area contributed by atoms with Crippen molar-refractivity contribution in [1.29, 1.82) is 0 Å². The summed E-state index contributed by atoms with van der Waals surface area (Å²) in [5, 5.41) is 27.3. The molecule has 3 amide bonds. The third kappa shape index (κ3) is 7.49. The van der Waals surface area contributed by atoms with E-state index in [1.165, 1.54) is 19.1 Å². The van der Waals surface area contributed by atoms with E-state index >= 15 is 0 Å². The average Bonchev–Trinajstić information content (AvgIpc) is 3.30. The summed E-state index contributed by atoms with van der Waals surface area (Å²) in [7, 11) is 0. The number of H-pyrrole nitrogens is 1. The molecule has 4 atom stereocenters. The normalized spacial score (nSPS) is 14.2. The number of hydrogen-bond acceptors (Lipinski definition) is 7. The summed E-state index contributed by atoms with van der Waals surface area (Å²) in [6.07, 6.45) is 1.92. The van der Waals surface area contributed by atoms with E-state index < -0.39 is 47.9 Å². The van der Waals surface area contributed by atoms with Crippen molar-refractivity contribution in [2.24, 2.45) is 5.73 Å². The molecule has 4 unspecified atom stereocenters. The van der Waals surface area contributed by atoms with Gasteiger partial charge in [0, 0.05) is 29.3 Å². The summed E-state index contributed by atoms with van der Waals surface area (Å²) < 4.78 is 0. The molecule has 12 heteroatoms. The summed E-state index contributed by atoms with van der Waals surface area (Å²) in [5.41, 5.74) is 8.26. The molecule has 3 rings (SSSR count). The first kappa shape index (κ1) is 28.5. The number of aromatic nitrogens is 1. The number of rotatable bonds is 12. The van der Waals surface area contributed by atoms with Gasteiger partial charge in [0.2, 0.25) is 17.7 Å². The summed E-state index contributed by atoms with van der Waals surface area (Å²) in [6.45, 7) is 1.41. The average molecular weight is 542 g/mol. The third-order valence-corrected chi connectivity index (χ3v) is 6.38. The van der Waals surface area contributed by atoms with Gasteiger partial charge in [-0.25, -0.2) is 4.79 Å². The van der Waals surface area contributed by atoms with Crippen LogP contribution in [-0.4, -0.2) is 68.8 Å². The van der Waals surface area contributed by atoms with Gasteiger partial charge in [-0.15, -0.1) is 0 Å². The van der Waals surface area contributed by atoms with Crippen molar-refractivity contribution >= 4 is 47.2 Å².